The van der Waals surface area contributed by atoms with E-state index >= 15 is 0 Å². The Bertz CT molecular complexity index is 1110. The average molecular weight is 502 g/mol. The van der Waals surface area contributed by atoms with Crippen molar-refractivity contribution in [3.8, 4) is 11.4 Å². The molecule has 0 spiro atoms. The van der Waals surface area contributed by atoms with Crippen molar-refractivity contribution in [2.24, 2.45) is 0 Å². The van der Waals surface area contributed by atoms with Crippen LogP contribution in [0.4, 0.5) is 0 Å². The first kappa shape index (κ1) is 25.1. The summed E-state index contributed by atoms with van der Waals surface area (Å²) in [7, 11) is 0. The lowest BCUT2D eigenvalue weighted by Crippen LogP contribution is -2.15. The van der Waals surface area contributed by atoms with Crippen molar-refractivity contribution in [3.63, 3.8) is 0 Å². The van der Waals surface area contributed by atoms with Gasteiger partial charge in [-0.3, -0.25) is 0 Å². The molecule has 0 unspecified atom stereocenters. The van der Waals surface area contributed by atoms with Crippen LogP contribution in [0, 0.1) is 0 Å². The van der Waals surface area contributed by atoms with Crippen molar-refractivity contribution in [2.75, 3.05) is 12.3 Å². The Morgan fingerprint density at radius 3 is 2.48 bits per heavy atom. The third kappa shape index (κ3) is 7.47. The molecule has 0 aliphatic heterocycles. The molecule has 9 heteroatoms. The summed E-state index contributed by atoms with van der Waals surface area (Å²) in [5.41, 5.74) is 3.17. The Kier molecular flexibility index (Phi) is 10.0. The van der Waals surface area contributed by atoms with Crippen molar-refractivity contribution >= 4 is 35.8 Å². The number of rotatable bonds is 11. The molecule has 3 aromatic carbocycles. The first-order chi connectivity index (χ1) is 15.8. The van der Waals surface area contributed by atoms with E-state index in [0.717, 1.165) is 52.4 Å². The van der Waals surface area contributed by atoms with Gasteiger partial charge in [0.2, 0.25) is 5.16 Å². The highest BCUT2D eigenvalue weighted by atomic mass is 35.5. The third-order valence-electron chi connectivity index (χ3n) is 4.78. The van der Waals surface area contributed by atoms with E-state index < -0.39 is 0 Å². The molecule has 0 amide bonds. The Labute approximate surface area is 209 Å². The minimum atomic E-state index is 0. The Hall–Kier alpha value is -2.58. The van der Waals surface area contributed by atoms with Crippen molar-refractivity contribution in [3.05, 3.63) is 95.0 Å². The smallest absolute Gasteiger partial charge is 0.214 e. The summed E-state index contributed by atoms with van der Waals surface area (Å²) >= 11 is 7.84. The molecular weight excluding hydrogens is 477 g/mol. The predicted octanol–water partition coefficient (Wildman–Crippen LogP) is 5.59. The molecule has 1 aromatic heterocycles. The maximum Gasteiger partial charge on any atom is 0.214 e. The average Bonchev–Trinajstić information content (AvgIpc) is 3.31. The molecule has 6 nitrogen and oxygen atoms in total. The van der Waals surface area contributed by atoms with Crippen molar-refractivity contribution in [1.82, 2.24) is 25.5 Å². The van der Waals surface area contributed by atoms with E-state index in [0.29, 0.717) is 6.61 Å². The van der Waals surface area contributed by atoms with E-state index in [2.05, 4.69) is 33.0 Å². The minimum absolute atomic E-state index is 0. The zero-order valence-corrected chi connectivity index (χ0v) is 20.3. The van der Waals surface area contributed by atoms with E-state index in [1.54, 1.807) is 16.4 Å². The molecule has 0 saturated carbocycles. The third-order valence-corrected chi connectivity index (χ3v) is 6.15. The number of hydrogen-bond acceptors (Lipinski definition) is 6. The molecule has 0 saturated heterocycles. The second-order valence-electron chi connectivity index (χ2n) is 7.11. The van der Waals surface area contributed by atoms with Crippen LogP contribution in [0.15, 0.2) is 84.0 Å². The zero-order valence-electron chi connectivity index (χ0n) is 17.9. The number of nitrogens with one attached hydrogen (secondary N) is 1. The second kappa shape index (κ2) is 13.2. The highest BCUT2D eigenvalue weighted by molar-refractivity contribution is 7.99. The van der Waals surface area contributed by atoms with Crippen LogP contribution in [0.3, 0.4) is 0 Å². The van der Waals surface area contributed by atoms with Gasteiger partial charge in [0.1, 0.15) is 12.4 Å². The first-order valence-electron chi connectivity index (χ1n) is 10.4. The summed E-state index contributed by atoms with van der Waals surface area (Å²) in [5, 5.41) is 17.0. The molecule has 0 radical (unpaired) electrons. The number of benzene rings is 3. The van der Waals surface area contributed by atoms with Crippen LogP contribution in [0.25, 0.3) is 5.69 Å². The topological polar surface area (TPSA) is 64.9 Å². The number of nitrogens with zero attached hydrogens (tertiary/aromatic N) is 4. The summed E-state index contributed by atoms with van der Waals surface area (Å²) in [4.78, 5) is 0. The fourth-order valence-electron chi connectivity index (χ4n) is 3.07. The summed E-state index contributed by atoms with van der Waals surface area (Å²) < 4.78 is 7.61. The van der Waals surface area contributed by atoms with Crippen LogP contribution in [0.2, 0.25) is 5.02 Å². The van der Waals surface area contributed by atoms with Gasteiger partial charge >= 0.3 is 0 Å². The molecule has 0 bridgehead atoms. The van der Waals surface area contributed by atoms with Crippen LogP contribution < -0.4 is 10.1 Å². The summed E-state index contributed by atoms with van der Waals surface area (Å²) in [6.07, 6.45) is 1.02. The number of aromatic nitrogens is 4. The Morgan fingerprint density at radius 2 is 1.70 bits per heavy atom. The van der Waals surface area contributed by atoms with Gasteiger partial charge in [0.05, 0.1) is 5.69 Å². The fraction of sp³-hybridized carbons (Fsp3) is 0.208. The summed E-state index contributed by atoms with van der Waals surface area (Å²) in [6.45, 7) is 2.20. The maximum atomic E-state index is 6.17. The maximum absolute atomic E-state index is 6.17. The van der Waals surface area contributed by atoms with Gasteiger partial charge < -0.3 is 10.1 Å². The number of thioether (sulfide) groups is 1. The molecule has 172 valence electrons. The second-order valence-corrected chi connectivity index (χ2v) is 8.58. The fourth-order valence-corrected chi connectivity index (χ4v) is 4.09. The Balaban J connectivity index is 0.00000306. The van der Waals surface area contributed by atoms with Crippen molar-refractivity contribution < 1.29 is 4.74 Å². The molecule has 0 aliphatic rings. The normalized spacial score (nSPS) is 10.6. The largest absolute Gasteiger partial charge is 0.489 e. The standard InChI is InChI=1S/C24H24ClN5OS.ClH/c25-23-10-5-4-7-20(23)18-31-22-13-11-19(12-14-22)17-26-15-6-16-32-24-27-28-29-30(24)21-8-2-1-3-9-21;/h1-5,7-14,26H,6,15-18H2;1H. The van der Waals surface area contributed by atoms with Gasteiger partial charge in [-0.25, -0.2) is 0 Å². The SMILES string of the molecule is Cl.Clc1ccccc1COc1ccc(CNCCCSc2nnnn2-c2ccccc2)cc1. The van der Waals surface area contributed by atoms with Gasteiger partial charge in [-0.2, -0.15) is 4.68 Å². The van der Waals surface area contributed by atoms with E-state index in [-0.39, 0.29) is 12.4 Å². The van der Waals surface area contributed by atoms with E-state index in [1.165, 1.54) is 5.56 Å². The van der Waals surface area contributed by atoms with Crippen LogP contribution in [0.1, 0.15) is 17.5 Å². The van der Waals surface area contributed by atoms with Gasteiger partial charge in [0, 0.05) is 22.9 Å². The van der Waals surface area contributed by atoms with Gasteiger partial charge in [0.15, 0.2) is 0 Å². The number of tetrazole rings is 1. The molecule has 1 heterocycles. The Morgan fingerprint density at radius 1 is 0.939 bits per heavy atom. The van der Waals surface area contributed by atoms with Crippen molar-refractivity contribution in [1.29, 1.82) is 0 Å². The number of ether oxygens (including phenoxy) is 1. The van der Waals surface area contributed by atoms with Crippen LogP contribution in [-0.4, -0.2) is 32.5 Å². The van der Waals surface area contributed by atoms with Crippen molar-refractivity contribution in [2.45, 2.75) is 24.7 Å². The molecule has 1 N–H and O–H groups in total. The van der Waals surface area contributed by atoms with E-state index in [4.69, 9.17) is 16.3 Å². The molecule has 0 aliphatic carbocycles. The predicted molar refractivity (Wildman–Crippen MR) is 136 cm³/mol. The van der Waals surface area contributed by atoms with E-state index in [1.807, 2.05) is 66.7 Å². The van der Waals surface area contributed by atoms with Gasteiger partial charge in [-0.05, 0) is 59.3 Å². The first-order valence-corrected chi connectivity index (χ1v) is 11.8. The molecule has 33 heavy (non-hydrogen) atoms. The lowest BCUT2D eigenvalue weighted by atomic mass is 10.2. The molecular formula is C24H25Cl2N5OS. The molecule has 0 fully saturated rings. The van der Waals surface area contributed by atoms with Crippen LogP contribution in [0.5, 0.6) is 5.75 Å². The van der Waals surface area contributed by atoms with Crippen LogP contribution in [-0.2, 0) is 13.2 Å². The lowest BCUT2D eigenvalue weighted by molar-refractivity contribution is 0.306. The molecule has 0 atom stereocenters. The van der Waals surface area contributed by atoms with Gasteiger partial charge in [-0.15, -0.1) is 17.5 Å². The van der Waals surface area contributed by atoms with Gasteiger partial charge in [-0.1, -0.05) is 71.9 Å². The van der Waals surface area contributed by atoms with Crippen LogP contribution >= 0.6 is 35.8 Å². The van der Waals surface area contributed by atoms with E-state index in [9.17, 15) is 0 Å². The highest BCUT2D eigenvalue weighted by Crippen LogP contribution is 2.20. The summed E-state index contributed by atoms with van der Waals surface area (Å²) in [6, 6.07) is 25.8. The quantitative estimate of drug-likeness (QED) is 0.213. The highest BCUT2D eigenvalue weighted by Gasteiger charge is 2.08. The number of para-hydroxylation sites is 1. The molecule has 4 rings (SSSR count). The zero-order chi connectivity index (χ0) is 22.0. The lowest BCUT2D eigenvalue weighted by Gasteiger charge is -2.09. The molecule has 4 aromatic rings. The minimum Gasteiger partial charge on any atom is -0.489 e. The van der Waals surface area contributed by atoms with Gasteiger partial charge in [0.25, 0.3) is 0 Å². The number of hydrogen-bond donors (Lipinski definition) is 1. The summed E-state index contributed by atoms with van der Waals surface area (Å²) in [5.74, 6) is 1.77. The monoisotopic (exact) mass is 501 g/mol. The number of halogens is 2.